The molecule has 0 bridgehead atoms. The summed E-state index contributed by atoms with van der Waals surface area (Å²) in [5.41, 5.74) is 0.295. The van der Waals surface area contributed by atoms with Crippen LogP contribution in [0.1, 0.15) is 20.7 Å². The van der Waals surface area contributed by atoms with Crippen molar-refractivity contribution in [3.05, 3.63) is 108 Å². The third-order valence-electron chi connectivity index (χ3n) is 4.52. The van der Waals surface area contributed by atoms with Gasteiger partial charge in [0, 0.05) is 0 Å². The monoisotopic (exact) mass is 442 g/mol. The van der Waals surface area contributed by atoms with Gasteiger partial charge in [-0.2, -0.15) is 0 Å². The van der Waals surface area contributed by atoms with Crippen LogP contribution < -0.4 is 14.2 Å². The molecule has 4 aromatic rings. The molecular weight excluding hydrogens is 424 g/mol. The maximum Gasteiger partial charge on any atom is 0.335 e. The van der Waals surface area contributed by atoms with Crippen molar-refractivity contribution in [2.45, 2.75) is 0 Å². The Hall–Kier alpha value is -4.78. The predicted octanol–water partition coefficient (Wildman–Crippen LogP) is 6.46. The molecule has 0 heterocycles. The van der Waals surface area contributed by atoms with E-state index in [0.29, 0.717) is 34.5 Å². The van der Waals surface area contributed by atoms with Gasteiger partial charge in [0.15, 0.2) is 0 Å². The number of benzene rings is 4. The van der Waals surface area contributed by atoms with Crippen LogP contribution in [0.15, 0.2) is 97.1 Å². The van der Waals surface area contributed by atoms with E-state index in [1.807, 2.05) is 0 Å². The Morgan fingerprint density at radius 3 is 1.06 bits per heavy atom. The van der Waals surface area contributed by atoms with Crippen molar-refractivity contribution in [1.29, 1.82) is 0 Å². The van der Waals surface area contributed by atoms with E-state index in [9.17, 15) is 9.59 Å². The largest absolute Gasteiger partial charge is 0.478 e. The Morgan fingerprint density at radius 2 is 0.758 bits per heavy atom. The molecule has 0 aliphatic heterocycles. The smallest absolute Gasteiger partial charge is 0.335 e. The van der Waals surface area contributed by atoms with Gasteiger partial charge in [-0.3, -0.25) is 0 Å². The van der Waals surface area contributed by atoms with Gasteiger partial charge in [-0.1, -0.05) is 12.1 Å². The molecule has 0 saturated heterocycles. The highest BCUT2D eigenvalue weighted by Crippen LogP contribution is 2.29. The highest BCUT2D eigenvalue weighted by atomic mass is 16.5. The molecule has 4 aromatic carbocycles. The van der Waals surface area contributed by atoms with Crippen LogP contribution in [0.3, 0.4) is 0 Å². The van der Waals surface area contributed by atoms with Crippen molar-refractivity contribution in [2.75, 3.05) is 0 Å². The van der Waals surface area contributed by atoms with Gasteiger partial charge in [0.1, 0.15) is 34.5 Å². The van der Waals surface area contributed by atoms with Crippen LogP contribution in [-0.2, 0) is 0 Å². The minimum Gasteiger partial charge on any atom is -0.478 e. The van der Waals surface area contributed by atoms with Crippen molar-refractivity contribution >= 4 is 11.9 Å². The average molecular weight is 442 g/mol. The second kappa shape index (κ2) is 9.57. The Labute approximate surface area is 189 Å². The van der Waals surface area contributed by atoms with Crippen LogP contribution in [0.25, 0.3) is 0 Å². The Morgan fingerprint density at radius 1 is 0.455 bits per heavy atom. The molecular formula is C26H18O7. The van der Waals surface area contributed by atoms with Crippen LogP contribution in [0.2, 0.25) is 0 Å². The van der Waals surface area contributed by atoms with E-state index in [-0.39, 0.29) is 11.1 Å². The molecule has 7 heteroatoms. The third-order valence-corrected chi connectivity index (χ3v) is 4.52. The SMILES string of the molecule is O=C(O)c1cccc(Oc2ccc(Oc3ccc(Oc4cccc(C(=O)O)c4)cc3)cc2)c1. The maximum absolute atomic E-state index is 11.1. The standard InChI is InChI=1S/C26H18O7/c27-25(28)17-3-1-5-23(15-17)32-21-11-7-19(8-12-21)31-20-9-13-22(14-10-20)33-24-6-2-4-18(16-24)26(29)30/h1-16H,(H,27,28)(H,29,30). The third kappa shape index (κ3) is 5.68. The Kier molecular flexibility index (Phi) is 6.22. The van der Waals surface area contributed by atoms with Gasteiger partial charge in [0.25, 0.3) is 0 Å². The predicted molar refractivity (Wildman–Crippen MR) is 120 cm³/mol. The lowest BCUT2D eigenvalue weighted by molar-refractivity contribution is 0.0686. The zero-order valence-corrected chi connectivity index (χ0v) is 17.2. The van der Waals surface area contributed by atoms with Gasteiger partial charge in [-0.05, 0) is 84.9 Å². The molecule has 0 saturated carbocycles. The van der Waals surface area contributed by atoms with Gasteiger partial charge in [-0.25, -0.2) is 9.59 Å². The maximum atomic E-state index is 11.1. The number of carboxylic acid groups (broad SMARTS) is 2. The van der Waals surface area contributed by atoms with Gasteiger partial charge < -0.3 is 24.4 Å². The molecule has 33 heavy (non-hydrogen) atoms. The van der Waals surface area contributed by atoms with Crippen molar-refractivity contribution in [1.82, 2.24) is 0 Å². The number of rotatable bonds is 8. The number of hydrogen-bond donors (Lipinski definition) is 2. The van der Waals surface area contributed by atoms with E-state index in [1.165, 1.54) is 24.3 Å². The zero-order valence-electron chi connectivity index (χ0n) is 17.2. The van der Waals surface area contributed by atoms with Crippen molar-refractivity contribution in [3.63, 3.8) is 0 Å². The highest BCUT2D eigenvalue weighted by molar-refractivity contribution is 5.88. The average Bonchev–Trinajstić information content (AvgIpc) is 2.82. The summed E-state index contributed by atoms with van der Waals surface area (Å²) in [5, 5.41) is 18.1. The molecule has 0 aliphatic carbocycles. The summed E-state index contributed by atoms with van der Waals surface area (Å²) in [4.78, 5) is 22.1. The number of hydrogen-bond acceptors (Lipinski definition) is 5. The van der Waals surface area contributed by atoms with Gasteiger partial charge in [0.05, 0.1) is 11.1 Å². The highest BCUT2D eigenvalue weighted by Gasteiger charge is 2.07. The van der Waals surface area contributed by atoms with E-state index in [0.717, 1.165) is 0 Å². The normalized spacial score (nSPS) is 10.3. The topological polar surface area (TPSA) is 102 Å². The molecule has 0 spiro atoms. The fraction of sp³-hybridized carbons (Fsp3) is 0. The molecule has 0 aliphatic rings. The summed E-state index contributed by atoms with van der Waals surface area (Å²) in [6.07, 6.45) is 0. The van der Waals surface area contributed by atoms with Crippen LogP contribution in [0, 0.1) is 0 Å². The quantitative estimate of drug-likeness (QED) is 0.323. The Bertz CT molecular complexity index is 1180. The minimum atomic E-state index is -1.02. The van der Waals surface area contributed by atoms with Gasteiger partial charge in [-0.15, -0.1) is 0 Å². The van der Waals surface area contributed by atoms with E-state index >= 15 is 0 Å². The summed E-state index contributed by atoms with van der Waals surface area (Å²) in [7, 11) is 0. The fourth-order valence-electron chi connectivity index (χ4n) is 2.94. The summed E-state index contributed by atoms with van der Waals surface area (Å²) >= 11 is 0. The second-order valence-electron chi connectivity index (χ2n) is 6.91. The summed E-state index contributed by atoms with van der Waals surface area (Å²) in [6, 6.07) is 26.3. The number of ether oxygens (including phenoxy) is 3. The van der Waals surface area contributed by atoms with Crippen molar-refractivity contribution in [2.24, 2.45) is 0 Å². The lowest BCUT2D eigenvalue weighted by Gasteiger charge is -2.10. The molecule has 0 unspecified atom stereocenters. The molecule has 0 radical (unpaired) electrons. The molecule has 0 aromatic heterocycles. The summed E-state index contributed by atoms with van der Waals surface area (Å²) in [5.74, 6) is 1.06. The van der Waals surface area contributed by atoms with Crippen LogP contribution in [-0.4, -0.2) is 22.2 Å². The number of carbonyl (C=O) groups is 2. The van der Waals surface area contributed by atoms with E-state index in [2.05, 4.69) is 0 Å². The fourth-order valence-corrected chi connectivity index (χ4v) is 2.94. The summed E-state index contributed by atoms with van der Waals surface area (Å²) in [6.45, 7) is 0. The number of carboxylic acids is 2. The first-order valence-corrected chi connectivity index (χ1v) is 9.87. The van der Waals surface area contributed by atoms with Crippen molar-refractivity contribution < 1.29 is 34.0 Å². The molecule has 7 nitrogen and oxygen atoms in total. The zero-order chi connectivity index (χ0) is 23.2. The lowest BCUT2D eigenvalue weighted by atomic mass is 10.2. The first kappa shape index (κ1) is 21.5. The second-order valence-corrected chi connectivity index (χ2v) is 6.91. The minimum absolute atomic E-state index is 0.148. The lowest BCUT2D eigenvalue weighted by Crippen LogP contribution is -1.96. The van der Waals surface area contributed by atoms with Crippen LogP contribution in [0.5, 0.6) is 34.5 Å². The first-order valence-electron chi connectivity index (χ1n) is 9.87. The van der Waals surface area contributed by atoms with E-state index in [1.54, 1.807) is 72.8 Å². The van der Waals surface area contributed by atoms with E-state index < -0.39 is 11.9 Å². The Balaban J connectivity index is 1.37. The van der Waals surface area contributed by atoms with Gasteiger partial charge in [0.2, 0.25) is 0 Å². The van der Waals surface area contributed by atoms with Crippen LogP contribution >= 0.6 is 0 Å². The van der Waals surface area contributed by atoms with E-state index in [4.69, 9.17) is 24.4 Å². The number of aromatic carboxylic acids is 2. The van der Waals surface area contributed by atoms with Crippen LogP contribution in [0.4, 0.5) is 0 Å². The first-order chi connectivity index (χ1) is 16.0. The van der Waals surface area contributed by atoms with Gasteiger partial charge >= 0.3 is 11.9 Å². The molecule has 164 valence electrons. The summed E-state index contributed by atoms with van der Waals surface area (Å²) < 4.78 is 17.2. The van der Waals surface area contributed by atoms with Crippen molar-refractivity contribution in [3.8, 4) is 34.5 Å². The molecule has 0 amide bonds. The molecule has 0 atom stereocenters. The molecule has 2 N–H and O–H groups in total. The molecule has 4 rings (SSSR count). The molecule has 0 fully saturated rings.